The highest BCUT2D eigenvalue weighted by molar-refractivity contribution is 5.51. The molecule has 0 aliphatic heterocycles. The maximum Gasteiger partial charge on any atom is 0.157 e. The highest BCUT2D eigenvalue weighted by atomic mass is 16.3. The lowest BCUT2D eigenvalue weighted by atomic mass is 10.3. The minimum atomic E-state index is 0.630. The minimum Gasteiger partial charge on any atom is -0.467 e. The molecule has 86 valence electrons. The van der Waals surface area contributed by atoms with Crippen LogP contribution in [0.2, 0.25) is 0 Å². The van der Waals surface area contributed by atoms with Crippen LogP contribution in [0.25, 0.3) is 5.65 Å². The molecule has 0 unspecified atom stereocenters. The second-order valence-corrected chi connectivity index (χ2v) is 3.88. The van der Waals surface area contributed by atoms with Crippen LogP contribution in [0.3, 0.4) is 0 Å². The van der Waals surface area contributed by atoms with Crippen LogP contribution in [0.4, 0.5) is 5.82 Å². The van der Waals surface area contributed by atoms with Crippen molar-refractivity contribution >= 4 is 11.5 Å². The van der Waals surface area contributed by atoms with Gasteiger partial charge in [-0.15, -0.1) is 0 Å². The van der Waals surface area contributed by atoms with E-state index in [0.29, 0.717) is 6.54 Å². The number of hydrogen-bond acceptors (Lipinski definition) is 4. The van der Waals surface area contributed by atoms with Crippen LogP contribution in [-0.4, -0.2) is 14.6 Å². The summed E-state index contributed by atoms with van der Waals surface area (Å²) in [7, 11) is 0. The Hall–Kier alpha value is -2.30. The number of anilines is 1. The maximum absolute atomic E-state index is 5.27. The Morgan fingerprint density at radius 1 is 1.41 bits per heavy atom. The van der Waals surface area contributed by atoms with E-state index in [4.69, 9.17) is 4.42 Å². The number of nitrogens with one attached hydrogen (secondary N) is 1. The summed E-state index contributed by atoms with van der Waals surface area (Å²) in [4.78, 5) is 4.17. The van der Waals surface area contributed by atoms with E-state index in [1.54, 1.807) is 17.1 Å². The fraction of sp³-hybridized carbons (Fsp3) is 0.167. The van der Waals surface area contributed by atoms with Gasteiger partial charge in [-0.1, -0.05) is 0 Å². The molecule has 0 aliphatic rings. The van der Waals surface area contributed by atoms with E-state index >= 15 is 0 Å². The SMILES string of the molecule is Cc1cc(NCc2ccco2)n2ncnc2c1. The number of rotatable bonds is 3. The maximum atomic E-state index is 5.27. The molecule has 0 aromatic carbocycles. The van der Waals surface area contributed by atoms with E-state index < -0.39 is 0 Å². The molecule has 1 N–H and O–H groups in total. The highest BCUT2D eigenvalue weighted by Crippen LogP contribution is 2.14. The Balaban J connectivity index is 1.91. The first-order valence-corrected chi connectivity index (χ1v) is 5.39. The van der Waals surface area contributed by atoms with Gasteiger partial charge >= 0.3 is 0 Å². The topological polar surface area (TPSA) is 55.4 Å². The Bertz CT molecular complexity index is 627. The third kappa shape index (κ3) is 1.87. The van der Waals surface area contributed by atoms with Gasteiger partial charge in [0.25, 0.3) is 0 Å². The molecule has 3 aromatic rings. The molecular weight excluding hydrogens is 216 g/mol. The van der Waals surface area contributed by atoms with Gasteiger partial charge < -0.3 is 9.73 Å². The Kier molecular flexibility index (Phi) is 2.29. The highest BCUT2D eigenvalue weighted by Gasteiger charge is 2.04. The Morgan fingerprint density at radius 3 is 3.18 bits per heavy atom. The molecule has 3 heterocycles. The quantitative estimate of drug-likeness (QED) is 0.747. The van der Waals surface area contributed by atoms with Gasteiger partial charge in [0.05, 0.1) is 12.8 Å². The third-order valence-corrected chi connectivity index (χ3v) is 2.55. The van der Waals surface area contributed by atoms with Crippen LogP contribution in [0.1, 0.15) is 11.3 Å². The lowest BCUT2D eigenvalue weighted by molar-refractivity contribution is 0.517. The van der Waals surface area contributed by atoms with Crippen LogP contribution in [-0.2, 0) is 6.54 Å². The lowest BCUT2D eigenvalue weighted by Crippen LogP contribution is -2.04. The van der Waals surface area contributed by atoms with Gasteiger partial charge in [0.1, 0.15) is 17.9 Å². The number of pyridine rings is 1. The van der Waals surface area contributed by atoms with Crippen LogP contribution in [0.5, 0.6) is 0 Å². The summed E-state index contributed by atoms with van der Waals surface area (Å²) >= 11 is 0. The van der Waals surface area contributed by atoms with Crippen LogP contribution in [0.15, 0.2) is 41.3 Å². The molecule has 5 nitrogen and oxygen atoms in total. The average Bonchev–Trinajstić information content (AvgIpc) is 2.95. The average molecular weight is 228 g/mol. The molecule has 0 fully saturated rings. The van der Waals surface area contributed by atoms with Gasteiger partial charge in [-0.2, -0.15) is 9.61 Å². The fourth-order valence-corrected chi connectivity index (χ4v) is 1.77. The minimum absolute atomic E-state index is 0.630. The normalized spacial score (nSPS) is 10.9. The first-order valence-electron chi connectivity index (χ1n) is 5.39. The number of aromatic nitrogens is 3. The molecule has 0 bridgehead atoms. The summed E-state index contributed by atoms with van der Waals surface area (Å²) in [5.41, 5.74) is 1.99. The standard InChI is InChI=1S/C12H12N4O/c1-9-5-11(13-7-10-3-2-4-17-10)16-12(6-9)14-8-15-16/h2-6,8,13H,7H2,1H3. The zero-order chi connectivity index (χ0) is 11.7. The number of fused-ring (bicyclic) bond motifs is 1. The zero-order valence-electron chi connectivity index (χ0n) is 9.42. The number of hydrogen-bond donors (Lipinski definition) is 1. The second kappa shape index (κ2) is 3.93. The van der Waals surface area contributed by atoms with Crippen molar-refractivity contribution in [3.63, 3.8) is 0 Å². The largest absolute Gasteiger partial charge is 0.467 e. The second-order valence-electron chi connectivity index (χ2n) is 3.88. The molecule has 0 aliphatic carbocycles. The van der Waals surface area contributed by atoms with Gasteiger partial charge in [0.2, 0.25) is 0 Å². The van der Waals surface area contributed by atoms with Crippen molar-refractivity contribution in [1.29, 1.82) is 0 Å². The summed E-state index contributed by atoms with van der Waals surface area (Å²) in [6.45, 7) is 2.66. The zero-order valence-corrected chi connectivity index (χ0v) is 9.42. The lowest BCUT2D eigenvalue weighted by Gasteiger charge is -2.07. The first-order chi connectivity index (χ1) is 8.33. The van der Waals surface area contributed by atoms with Crippen molar-refractivity contribution in [3.05, 3.63) is 48.2 Å². The monoisotopic (exact) mass is 228 g/mol. The van der Waals surface area contributed by atoms with Crippen molar-refractivity contribution < 1.29 is 4.42 Å². The molecule has 0 atom stereocenters. The van der Waals surface area contributed by atoms with Gasteiger partial charge in [0.15, 0.2) is 5.65 Å². The molecule has 0 spiro atoms. The first kappa shape index (κ1) is 9.89. The molecule has 3 rings (SSSR count). The van der Waals surface area contributed by atoms with Gasteiger partial charge in [-0.05, 0) is 36.8 Å². The van der Waals surface area contributed by atoms with Crippen molar-refractivity contribution in [3.8, 4) is 0 Å². The third-order valence-electron chi connectivity index (χ3n) is 2.55. The number of aryl methyl sites for hydroxylation is 1. The smallest absolute Gasteiger partial charge is 0.157 e. The van der Waals surface area contributed by atoms with E-state index in [0.717, 1.165) is 22.8 Å². The fourth-order valence-electron chi connectivity index (χ4n) is 1.77. The summed E-state index contributed by atoms with van der Waals surface area (Å²) < 4.78 is 7.04. The van der Waals surface area contributed by atoms with Gasteiger partial charge in [-0.25, -0.2) is 4.98 Å². The molecule has 5 heteroatoms. The van der Waals surface area contributed by atoms with Crippen LogP contribution < -0.4 is 5.32 Å². The van der Waals surface area contributed by atoms with Crippen molar-refractivity contribution in [2.75, 3.05) is 5.32 Å². The Morgan fingerprint density at radius 2 is 2.35 bits per heavy atom. The summed E-state index contributed by atoms with van der Waals surface area (Å²) in [5, 5.41) is 7.46. The summed E-state index contributed by atoms with van der Waals surface area (Å²) in [6.07, 6.45) is 3.21. The van der Waals surface area contributed by atoms with Crippen LogP contribution in [0, 0.1) is 6.92 Å². The molecule has 17 heavy (non-hydrogen) atoms. The predicted molar refractivity (Wildman–Crippen MR) is 63.8 cm³/mol. The molecule has 3 aromatic heterocycles. The van der Waals surface area contributed by atoms with Gasteiger partial charge in [-0.3, -0.25) is 0 Å². The summed E-state index contributed by atoms with van der Waals surface area (Å²) in [6, 6.07) is 7.83. The van der Waals surface area contributed by atoms with E-state index in [9.17, 15) is 0 Å². The van der Waals surface area contributed by atoms with E-state index in [1.165, 1.54) is 0 Å². The van der Waals surface area contributed by atoms with Crippen molar-refractivity contribution in [2.24, 2.45) is 0 Å². The molecular formula is C12H12N4O. The number of nitrogens with zero attached hydrogens (tertiary/aromatic N) is 3. The van der Waals surface area contributed by atoms with E-state index in [2.05, 4.69) is 15.4 Å². The predicted octanol–water partition coefficient (Wildman–Crippen LogP) is 2.24. The van der Waals surface area contributed by atoms with E-state index in [1.807, 2.05) is 31.2 Å². The molecule has 0 radical (unpaired) electrons. The Labute approximate surface area is 98.1 Å². The van der Waals surface area contributed by atoms with Crippen molar-refractivity contribution in [1.82, 2.24) is 14.6 Å². The van der Waals surface area contributed by atoms with E-state index in [-0.39, 0.29) is 0 Å². The molecule has 0 saturated heterocycles. The van der Waals surface area contributed by atoms with Crippen LogP contribution >= 0.6 is 0 Å². The molecule has 0 saturated carbocycles. The number of furan rings is 1. The van der Waals surface area contributed by atoms with Crippen molar-refractivity contribution in [2.45, 2.75) is 13.5 Å². The summed E-state index contributed by atoms with van der Waals surface area (Å²) in [5.74, 6) is 1.80. The molecule has 0 amide bonds. The van der Waals surface area contributed by atoms with Gasteiger partial charge in [0, 0.05) is 0 Å².